The van der Waals surface area contributed by atoms with E-state index in [-0.39, 0.29) is 5.56 Å². The Labute approximate surface area is 116 Å². The highest BCUT2D eigenvalue weighted by Crippen LogP contribution is 2.38. The van der Waals surface area contributed by atoms with Gasteiger partial charge in [0.05, 0.1) is 6.04 Å². The van der Waals surface area contributed by atoms with Gasteiger partial charge >= 0.3 is 0 Å². The van der Waals surface area contributed by atoms with Crippen molar-refractivity contribution in [1.82, 2.24) is 0 Å². The second kappa shape index (κ2) is 4.67. The summed E-state index contributed by atoms with van der Waals surface area (Å²) in [6.07, 6.45) is 2.12. The molecule has 0 bridgehead atoms. The molecule has 1 aliphatic rings. The Hall–Kier alpha value is -0.860. The number of hydrogen-bond acceptors (Lipinski definition) is 2. The third-order valence-corrected chi connectivity index (χ3v) is 3.60. The van der Waals surface area contributed by atoms with Crippen LogP contribution in [0.2, 0.25) is 0 Å². The van der Waals surface area contributed by atoms with E-state index in [4.69, 9.17) is 11.5 Å². The molecule has 0 aromatic heterocycles. The summed E-state index contributed by atoms with van der Waals surface area (Å²) in [6.45, 7) is 0. The molecule has 1 aliphatic carbocycles. The van der Waals surface area contributed by atoms with Crippen molar-refractivity contribution in [2.75, 3.05) is 0 Å². The lowest BCUT2D eigenvalue weighted by atomic mass is 9.79. The van der Waals surface area contributed by atoms with Gasteiger partial charge < -0.3 is 11.5 Å². The highest BCUT2D eigenvalue weighted by molar-refractivity contribution is 14.1. The predicted molar refractivity (Wildman–Crippen MR) is 71.3 cm³/mol. The maximum absolute atomic E-state index is 13.9. The van der Waals surface area contributed by atoms with E-state index < -0.39 is 29.1 Å². The van der Waals surface area contributed by atoms with Crippen LogP contribution in [0.25, 0.3) is 0 Å². The number of allylic oxidation sites excluding steroid dienone is 2. The third-order valence-electron chi connectivity index (χ3n) is 2.93. The first-order valence-electron chi connectivity index (χ1n) is 5.11. The molecule has 0 fully saturated rings. The van der Waals surface area contributed by atoms with E-state index in [1.807, 2.05) is 22.6 Å². The Morgan fingerprint density at radius 1 is 1.22 bits per heavy atom. The number of rotatable bonds is 1. The normalized spacial score (nSPS) is 27.8. The lowest BCUT2D eigenvalue weighted by Crippen LogP contribution is -2.54. The van der Waals surface area contributed by atoms with Crippen LogP contribution in [-0.2, 0) is 5.54 Å². The van der Waals surface area contributed by atoms with Crippen molar-refractivity contribution >= 4 is 22.6 Å². The second-order valence-electron chi connectivity index (χ2n) is 4.04. The first-order chi connectivity index (χ1) is 8.37. The zero-order valence-electron chi connectivity index (χ0n) is 9.13. The van der Waals surface area contributed by atoms with Crippen LogP contribution in [0, 0.1) is 9.39 Å². The standard InChI is InChI=1S/C12H10F3IN2/c13-8-3-4-10(17)12(18,11(8)15)7-2-1-6(16)5-9(7)14/h1-5,10H,17-18H2. The molecule has 6 heteroatoms. The summed E-state index contributed by atoms with van der Waals surface area (Å²) in [6, 6.07) is 3.04. The Morgan fingerprint density at radius 2 is 1.89 bits per heavy atom. The monoisotopic (exact) mass is 366 g/mol. The molecule has 0 saturated heterocycles. The predicted octanol–water partition coefficient (Wildman–Crippen LogP) is 2.63. The molecule has 2 atom stereocenters. The van der Waals surface area contributed by atoms with Crippen molar-refractivity contribution in [1.29, 1.82) is 0 Å². The molecule has 2 rings (SSSR count). The molecule has 1 aromatic carbocycles. The summed E-state index contributed by atoms with van der Waals surface area (Å²) in [5.74, 6) is -3.09. The van der Waals surface area contributed by atoms with Crippen LogP contribution >= 0.6 is 22.6 Å². The van der Waals surface area contributed by atoms with Gasteiger partial charge in [0, 0.05) is 9.13 Å². The quantitative estimate of drug-likeness (QED) is 0.751. The number of halogens is 4. The zero-order valence-corrected chi connectivity index (χ0v) is 11.3. The minimum Gasteiger partial charge on any atom is -0.322 e. The van der Waals surface area contributed by atoms with E-state index >= 15 is 0 Å². The van der Waals surface area contributed by atoms with Crippen LogP contribution in [0.15, 0.2) is 42.0 Å². The second-order valence-corrected chi connectivity index (χ2v) is 5.29. The fourth-order valence-corrected chi connectivity index (χ4v) is 2.33. The summed E-state index contributed by atoms with van der Waals surface area (Å²) < 4.78 is 41.7. The largest absolute Gasteiger partial charge is 0.322 e. The summed E-state index contributed by atoms with van der Waals surface area (Å²) in [5, 5.41) is 0. The first kappa shape index (κ1) is 13.6. The van der Waals surface area contributed by atoms with Gasteiger partial charge in [0.25, 0.3) is 0 Å². The molecule has 1 aromatic rings. The molecule has 18 heavy (non-hydrogen) atoms. The van der Waals surface area contributed by atoms with Gasteiger partial charge in [0.15, 0.2) is 11.7 Å². The highest BCUT2D eigenvalue weighted by atomic mass is 127. The fourth-order valence-electron chi connectivity index (χ4n) is 1.88. The van der Waals surface area contributed by atoms with Crippen LogP contribution < -0.4 is 11.5 Å². The molecule has 0 spiro atoms. The van der Waals surface area contributed by atoms with Crippen LogP contribution in [0.1, 0.15) is 5.56 Å². The van der Waals surface area contributed by atoms with Crippen LogP contribution in [0.4, 0.5) is 13.2 Å². The van der Waals surface area contributed by atoms with Crippen LogP contribution in [0.5, 0.6) is 0 Å². The number of benzene rings is 1. The van der Waals surface area contributed by atoms with Gasteiger partial charge in [0.1, 0.15) is 11.4 Å². The minimum atomic E-state index is -2.01. The van der Waals surface area contributed by atoms with E-state index in [1.165, 1.54) is 18.2 Å². The fraction of sp³-hybridized carbons (Fsp3) is 0.167. The molecule has 4 N–H and O–H groups in total. The highest BCUT2D eigenvalue weighted by Gasteiger charge is 2.44. The summed E-state index contributed by atoms with van der Waals surface area (Å²) in [5.41, 5.74) is 9.33. The maximum Gasteiger partial charge on any atom is 0.162 e. The summed E-state index contributed by atoms with van der Waals surface area (Å²) in [4.78, 5) is 0. The van der Waals surface area contributed by atoms with Crippen molar-refractivity contribution in [2.24, 2.45) is 11.5 Å². The van der Waals surface area contributed by atoms with Crippen LogP contribution in [0.3, 0.4) is 0 Å². The van der Waals surface area contributed by atoms with Crippen molar-refractivity contribution in [3.8, 4) is 0 Å². The molecule has 0 heterocycles. The molecule has 96 valence electrons. The van der Waals surface area contributed by atoms with E-state index in [0.29, 0.717) is 3.57 Å². The average Bonchev–Trinajstić information content (AvgIpc) is 2.31. The van der Waals surface area contributed by atoms with Gasteiger partial charge in [-0.05, 0) is 40.8 Å². The van der Waals surface area contributed by atoms with Crippen molar-refractivity contribution in [3.05, 3.63) is 57.0 Å². The van der Waals surface area contributed by atoms with Gasteiger partial charge in [-0.25, -0.2) is 13.2 Å². The van der Waals surface area contributed by atoms with Gasteiger partial charge in [-0.2, -0.15) is 0 Å². The number of hydrogen-bond donors (Lipinski definition) is 2. The van der Waals surface area contributed by atoms with Crippen molar-refractivity contribution in [2.45, 2.75) is 11.6 Å². The molecule has 2 nitrogen and oxygen atoms in total. The topological polar surface area (TPSA) is 52.0 Å². The smallest absolute Gasteiger partial charge is 0.162 e. The molecule has 2 unspecified atom stereocenters. The Balaban J connectivity index is 2.63. The summed E-state index contributed by atoms with van der Waals surface area (Å²) in [7, 11) is 0. The van der Waals surface area contributed by atoms with E-state index in [9.17, 15) is 13.2 Å². The van der Waals surface area contributed by atoms with E-state index in [1.54, 1.807) is 6.07 Å². The minimum absolute atomic E-state index is 0.160. The molecule has 0 amide bonds. The van der Waals surface area contributed by atoms with Crippen molar-refractivity contribution in [3.63, 3.8) is 0 Å². The number of nitrogens with two attached hydrogens (primary N) is 2. The molecular formula is C12H10F3IN2. The Kier molecular flexibility index (Phi) is 3.52. The van der Waals surface area contributed by atoms with Crippen molar-refractivity contribution < 1.29 is 13.2 Å². The maximum atomic E-state index is 13.9. The Morgan fingerprint density at radius 3 is 2.50 bits per heavy atom. The van der Waals surface area contributed by atoms with Gasteiger partial charge in [-0.3, -0.25) is 0 Å². The third kappa shape index (κ3) is 1.98. The lowest BCUT2D eigenvalue weighted by molar-refractivity contribution is 0.335. The van der Waals surface area contributed by atoms with Gasteiger partial charge in [-0.1, -0.05) is 12.1 Å². The zero-order chi connectivity index (χ0) is 13.5. The summed E-state index contributed by atoms with van der Waals surface area (Å²) >= 11 is 1.91. The SMILES string of the molecule is NC1C=CC(F)=C(F)C1(N)c1ccc(I)cc1F. The molecule has 0 saturated carbocycles. The lowest BCUT2D eigenvalue weighted by Gasteiger charge is -2.35. The molecule has 0 aliphatic heterocycles. The molecular weight excluding hydrogens is 356 g/mol. The van der Waals surface area contributed by atoms with E-state index in [2.05, 4.69) is 0 Å². The average molecular weight is 366 g/mol. The van der Waals surface area contributed by atoms with Gasteiger partial charge in [-0.15, -0.1) is 0 Å². The van der Waals surface area contributed by atoms with Gasteiger partial charge in [0.2, 0.25) is 0 Å². The van der Waals surface area contributed by atoms with Crippen LogP contribution in [-0.4, -0.2) is 6.04 Å². The molecule has 0 radical (unpaired) electrons. The Bertz CT molecular complexity index is 556. The first-order valence-corrected chi connectivity index (χ1v) is 6.19. The van der Waals surface area contributed by atoms with E-state index in [0.717, 1.165) is 6.08 Å².